The van der Waals surface area contributed by atoms with Crippen LogP contribution in [0.3, 0.4) is 0 Å². The van der Waals surface area contributed by atoms with Gasteiger partial charge in [0, 0.05) is 55.0 Å². The fourth-order valence-electron chi connectivity index (χ4n) is 9.47. The van der Waals surface area contributed by atoms with Gasteiger partial charge in [-0.05, 0) is 41.5 Å². The van der Waals surface area contributed by atoms with Crippen LogP contribution in [0.2, 0.25) is 0 Å². The van der Waals surface area contributed by atoms with E-state index in [1.54, 1.807) is 0 Å². The standard InChI is InChI=1S/C60H38N8/c1-5-18-39(19-6-1)40-32-34-44(35-33-40)58-64-57(43-24-11-4-12-25-43)65-60(66-58)68-51-31-16-14-29-49(51)53-52(68)37-36-48-47-28-13-15-30-50(47)67(54(48)53)46-27-17-26-45(38-46)59-62-55(41-20-7-2-8-21-41)61-56(63-59)42-22-9-3-10-23-42/h1-38H. The zero-order valence-corrected chi connectivity index (χ0v) is 36.5. The van der Waals surface area contributed by atoms with Crippen molar-refractivity contribution in [1.29, 1.82) is 0 Å². The summed E-state index contributed by atoms with van der Waals surface area (Å²) in [5, 5.41) is 4.46. The average molecular weight is 871 g/mol. The van der Waals surface area contributed by atoms with Crippen LogP contribution in [0, 0.1) is 0 Å². The van der Waals surface area contributed by atoms with Gasteiger partial charge in [0.25, 0.3) is 0 Å². The van der Waals surface area contributed by atoms with Gasteiger partial charge in [0.05, 0.1) is 22.1 Å². The van der Waals surface area contributed by atoms with E-state index in [2.05, 4.69) is 143 Å². The lowest BCUT2D eigenvalue weighted by Gasteiger charge is -2.13. The topological polar surface area (TPSA) is 87.2 Å². The third-order valence-corrected chi connectivity index (χ3v) is 12.6. The number of aromatic nitrogens is 8. The van der Waals surface area contributed by atoms with Crippen LogP contribution in [-0.4, -0.2) is 39.0 Å². The van der Waals surface area contributed by atoms with Gasteiger partial charge >= 0.3 is 0 Å². The molecule has 4 heterocycles. The normalized spacial score (nSPS) is 11.5. The van der Waals surface area contributed by atoms with Crippen molar-refractivity contribution in [3.8, 4) is 79.7 Å². The van der Waals surface area contributed by atoms with Crippen molar-refractivity contribution in [2.45, 2.75) is 0 Å². The van der Waals surface area contributed by atoms with Gasteiger partial charge in [-0.3, -0.25) is 4.57 Å². The summed E-state index contributed by atoms with van der Waals surface area (Å²) in [7, 11) is 0. The Morgan fingerprint density at radius 1 is 0.250 bits per heavy atom. The molecular weight excluding hydrogens is 833 g/mol. The van der Waals surface area contributed by atoms with Crippen LogP contribution < -0.4 is 0 Å². The Kier molecular flexibility index (Phi) is 9.31. The molecule has 68 heavy (non-hydrogen) atoms. The molecular formula is C60H38N8. The summed E-state index contributed by atoms with van der Waals surface area (Å²) in [4.78, 5) is 30.8. The van der Waals surface area contributed by atoms with Crippen molar-refractivity contribution in [3.63, 3.8) is 0 Å². The zero-order chi connectivity index (χ0) is 45.0. The van der Waals surface area contributed by atoms with Crippen LogP contribution in [0.1, 0.15) is 0 Å². The third-order valence-electron chi connectivity index (χ3n) is 12.6. The van der Waals surface area contributed by atoms with E-state index in [1.807, 2.05) is 97.1 Å². The van der Waals surface area contributed by atoms with E-state index in [0.29, 0.717) is 35.1 Å². The first kappa shape index (κ1) is 39.0. The highest BCUT2D eigenvalue weighted by atomic mass is 15.2. The predicted molar refractivity (Wildman–Crippen MR) is 275 cm³/mol. The smallest absolute Gasteiger partial charge is 0.238 e. The molecule has 0 N–H and O–H groups in total. The molecule has 0 radical (unpaired) electrons. The van der Waals surface area contributed by atoms with Crippen molar-refractivity contribution in [1.82, 2.24) is 39.0 Å². The minimum Gasteiger partial charge on any atom is -0.309 e. The maximum Gasteiger partial charge on any atom is 0.238 e. The van der Waals surface area contributed by atoms with Crippen LogP contribution >= 0.6 is 0 Å². The van der Waals surface area contributed by atoms with Gasteiger partial charge in [-0.1, -0.05) is 200 Å². The molecule has 0 unspecified atom stereocenters. The summed E-state index contributed by atoms with van der Waals surface area (Å²) >= 11 is 0. The number of rotatable bonds is 8. The molecule has 0 saturated heterocycles. The van der Waals surface area contributed by atoms with E-state index < -0.39 is 0 Å². The minimum atomic E-state index is 0.537. The number of nitrogens with zero attached hydrogens (tertiary/aromatic N) is 8. The maximum atomic E-state index is 5.30. The second-order valence-corrected chi connectivity index (χ2v) is 16.7. The first-order valence-electron chi connectivity index (χ1n) is 22.6. The number of fused-ring (bicyclic) bond motifs is 7. The van der Waals surface area contributed by atoms with Crippen molar-refractivity contribution in [3.05, 3.63) is 231 Å². The predicted octanol–water partition coefficient (Wildman–Crippen LogP) is 14.3. The molecule has 0 aliphatic rings. The first-order valence-corrected chi connectivity index (χ1v) is 22.6. The zero-order valence-electron chi connectivity index (χ0n) is 36.5. The van der Waals surface area contributed by atoms with Crippen LogP contribution in [-0.2, 0) is 0 Å². The molecule has 13 rings (SSSR count). The Bertz CT molecular complexity index is 3940. The lowest BCUT2D eigenvalue weighted by atomic mass is 10.0. The summed E-state index contributed by atoms with van der Waals surface area (Å²) in [5.74, 6) is 3.56. The molecule has 0 aliphatic heterocycles. The Labute approximate surface area is 391 Å². The van der Waals surface area contributed by atoms with E-state index >= 15 is 0 Å². The van der Waals surface area contributed by atoms with E-state index in [9.17, 15) is 0 Å². The van der Waals surface area contributed by atoms with Crippen molar-refractivity contribution in [2.75, 3.05) is 0 Å². The highest BCUT2D eigenvalue weighted by Gasteiger charge is 2.23. The Balaban J connectivity index is 1.03. The van der Waals surface area contributed by atoms with Crippen molar-refractivity contribution < 1.29 is 0 Å². The molecule has 13 aromatic rings. The van der Waals surface area contributed by atoms with Crippen molar-refractivity contribution in [2.24, 2.45) is 0 Å². The number of hydrogen-bond acceptors (Lipinski definition) is 6. The van der Waals surface area contributed by atoms with Crippen LogP contribution in [0.25, 0.3) is 123 Å². The molecule has 0 spiro atoms. The molecule has 318 valence electrons. The van der Waals surface area contributed by atoms with Crippen LogP contribution in [0.4, 0.5) is 0 Å². The monoisotopic (exact) mass is 870 g/mol. The summed E-state index contributed by atoms with van der Waals surface area (Å²) in [6.07, 6.45) is 0. The summed E-state index contributed by atoms with van der Waals surface area (Å²) in [6, 6.07) is 79.3. The summed E-state index contributed by atoms with van der Waals surface area (Å²) in [5.41, 5.74) is 11.9. The second-order valence-electron chi connectivity index (χ2n) is 16.7. The molecule has 4 aromatic heterocycles. The van der Waals surface area contributed by atoms with Crippen LogP contribution in [0.5, 0.6) is 0 Å². The Hall–Kier alpha value is -9.40. The molecule has 0 bridgehead atoms. The minimum absolute atomic E-state index is 0.537. The Morgan fingerprint density at radius 3 is 1.24 bits per heavy atom. The van der Waals surface area contributed by atoms with E-state index in [0.717, 1.165) is 88.2 Å². The number of hydrogen-bond donors (Lipinski definition) is 0. The number of benzene rings is 9. The first-order chi connectivity index (χ1) is 33.7. The molecule has 8 nitrogen and oxygen atoms in total. The quantitative estimate of drug-likeness (QED) is 0.151. The van der Waals surface area contributed by atoms with Gasteiger partial charge in [0.15, 0.2) is 29.1 Å². The molecule has 0 saturated carbocycles. The highest BCUT2D eigenvalue weighted by molar-refractivity contribution is 6.26. The van der Waals surface area contributed by atoms with E-state index in [4.69, 9.17) is 29.9 Å². The Morgan fingerprint density at radius 2 is 0.662 bits per heavy atom. The average Bonchev–Trinajstić information content (AvgIpc) is 3.95. The van der Waals surface area contributed by atoms with Gasteiger partial charge < -0.3 is 4.57 Å². The molecule has 0 amide bonds. The SMILES string of the molecule is c1ccc(-c2ccc(-c3nc(-c4ccccc4)nc(-n4c5ccccc5c5c4ccc4c6ccccc6n(-c6cccc(-c7nc(-c8ccccc8)nc(-c8ccccc8)n7)c6)c45)n3)cc2)cc1. The largest absolute Gasteiger partial charge is 0.309 e. The second kappa shape index (κ2) is 16.2. The molecule has 0 aliphatic carbocycles. The van der Waals surface area contributed by atoms with E-state index in [-0.39, 0.29) is 0 Å². The third kappa shape index (κ3) is 6.70. The maximum absolute atomic E-state index is 5.30. The van der Waals surface area contributed by atoms with Gasteiger partial charge in [0.1, 0.15) is 0 Å². The lowest BCUT2D eigenvalue weighted by molar-refractivity contribution is 0.953. The van der Waals surface area contributed by atoms with Gasteiger partial charge in [0.2, 0.25) is 5.95 Å². The molecule has 9 aromatic carbocycles. The summed E-state index contributed by atoms with van der Waals surface area (Å²) in [6.45, 7) is 0. The van der Waals surface area contributed by atoms with Crippen LogP contribution in [0.15, 0.2) is 231 Å². The molecule has 0 atom stereocenters. The van der Waals surface area contributed by atoms with Gasteiger partial charge in [-0.15, -0.1) is 0 Å². The summed E-state index contributed by atoms with van der Waals surface area (Å²) < 4.78 is 4.58. The van der Waals surface area contributed by atoms with Crippen molar-refractivity contribution >= 4 is 43.6 Å². The van der Waals surface area contributed by atoms with Gasteiger partial charge in [-0.2, -0.15) is 9.97 Å². The fourth-order valence-corrected chi connectivity index (χ4v) is 9.47. The molecule has 0 fully saturated rings. The highest BCUT2D eigenvalue weighted by Crippen LogP contribution is 2.42. The van der Waals surface area contributed by atoms with Gasteiger partial charge in [-0.25, -0.2) is 19.9 Å². The number of para-hydroxylation sites is 2. The molecule has 8 heteroatoms. The van der Waals surface area contributed by atoms with E-state index in [1.165, 1.54) is 0 Å². The lowest BCUT2D eigenvalue weighted by Crippen LogP contribution is -2.06. The fraction of sp³-hybridized carbons (Fsp3) is 0.